The molecule has 3 aromatic rings. The van der Waals surface area contributed by atoms with Crippen LogP contribution in [-0.4, -0.2) is 14.8 Å². The van der Waals surface area contributed by atoms with Gasteiger partial charge in [0.05, 0.1) is 27.5 Å². The molecule has 29 heavy (non-hydrogen) atoms. The Bertz CT molecular complexity index is 1100. The smallest absolute Gasteiger partial charge is 0.376 e. The van der Waals surface area contributed by atoms with Crippen LogP contribution in [-0.2, 0) is 6.18 Å². The van der Waals surface area contributed by atoms with E-state index in [0.29, 0.717) is 16.2 Å². The molecule has 0 aliphatic heterocycles. The van der Waals surface area contributed by atoms with Crippen molar-refractivity contribution < 1.29 is 13.2 Å². The molecule has 152 valence electrons. The lowest BCUT2D eigenvalue weighted by molar-refractivity contribution is -0.137. The van der Waals surface area contributed by atoms with Crippen molar-refractivity contribution in [2.75, 3.05) is 5.32 Å². The van der Waals surface area contributed by atoms with Crippen molar-refractivity contribution in [2.24, 2.45) is 0 Å². The number of aromatic nitrogens is 3. The van der Waals surface area contributed by atoms with Crippen LogP contribution >= 0.6 is 34.8 Å². The maximum Gasteiger partial charge on any atom is 0.417 e. The normalized spacial score (nSPS) is 12.7. The molecular formula is C18H12Cl3F3N4O. The first kappa shape index (κ1) is 21.4. The van der Waals surface area contributed by atoms with Gasteiger partial charge in [-0.1, -0.05) is 40.9 Å². The number of hydrogen-bond donors (Lipinski definition) is 1. The van der Waals surface area contributed by atoms with Gasteiger partial charge in [-0.3, -0.25) is 4.79 Å². The predicted octanol–water partition coefficient (Wildman–Crippen LogP) is 5.78. The Hall–Kier alpha value is -2.29. The Balaban J connectivity index is 1.87. The van der Waals surface area contributed by atoms with Crippen molar-refractivity contribution in [1.82, 2.24) is 14.8 Å². The van der Waals surface area contributed by atoms with Gasteiger partial charge in [0.1, 0.15) is 5.02 Å². The Kier molecular flexibility index (Phi) is 6.07. The zero-order chi connectivity index (χ0) is 21.3. The Morgan fingerprint density at radius 1 is 1.07 bits per heavy atom. The predicted molar refractivity (Wildman–Crippen MR) is 106 cm³/mol. The molecule has 0 saturated heterocycles. The number of benzene rings is 1. The summed E-state index contributed by atoms with van der Waals surface area (Å²) < 4.78 is 38.8. The summed E-state index contributed by atoms with van der Waals surface area (Å²) in [7, 11) is 0. The molecule has 3 rings (SSSR count). The Labute approximate surface area is 178 Å². The van der Waals surface area contributed by atoms with Crippen LogP contribution in [0.4, 0.5) is 18.9 Å². The summed E-state index contributed by atoms with van der Waals surface area (Å²) in [6.07, 6.45) is -2.62. The number of alkyl halides is 3. The average Bonchev–Trinajstić information content (AvgIpc) is 2.67. The molecule has 0 bridgehead atoms. The molecule has 11 heteroatoms. The monoisotopic (exact) mass is 462 g/mol. The van der Waals surface area contributed by atoms with E-state index in [-0.39, 0.29) is 22.6 Å². The van der Waals surface area contributed by atoms with Gasteiger partial charge in [-0.05, 0) is 36.8 Å². The van der Waals surface area contributed by atoms with E-state index in [1.54, 1.807) is 18.2 Å². The van der Waals surface area contributed by atoms with Gasteiger partial charge < -0.3 is 5.32 Å². The van der Waals surface area contributed by atoms with Gasteiger partial charge in [0, 0.05) is 12.2 Å². The fourth-order valence-electron chi connectivity index (χ4n) is 2.47. The number of nitrogens with zero attached hydrogens (tertiary/aromatic N) is 3. The summed E-state index contributed by atoms with van der Waals surface area (Å²) in [4.78, 5) is 16.2. The number of halogens is 6. The van der Waals surface area contributed by atoms with Crippen LogP contribution in [0.15, 0.2) is 47.5 Å². The first-order valence-electron chi connectivity index (χ1n) is 8.11. The largest absolute Gasteiger partial charge is 0.417 e. The minimum atomic E-state index is -4.53. The second-order valence-corrected chi connectivity index (χ2v) is 7.22. The van der Waals surface area contributed by atoms with Crippen LogP contribution in [0.1, 0.15) is 24.1 Å². The average molecular weight is 464 g/mol. The van der Waals surface area contributed by atoms with E-state index in [1.807, 2.05) is 6.92 Å². The number of pyridine rings is 1. The van der Waals surface area contributed by atoms with Gasteiger partial charge in [0.25, 0.3) is 5.56 Å². The highest BCUT2D eigenvalue weighted by atomic mass is 35.5. The van der Waals surface area contributed by atoms with Crippen LogP contribution in [0.2, 0.25) is 15.1 Å². The second-order valence-electron chi connectivity index (χ2n) is 6.03. The topological polar surface area (TPSA) is 59.8 Å². The highest BCUT2D eigenvalue weighted by Crippen LogP contribution is 2.30. The first-order valence-corrected chi connectivity index (χ1v) is 9.24. The lowest BCUT2D eigenvalue weighted by atomic mass is 10.1. The van der Waals surface area contributed by atoms with Crippen LogP contribution in [0, 0.1) is 0 Å². The van der Waals surface area contributed by atoms with Gasteiger partial charge >= 0.3 is 6.18 Å². The highest BCUT2D eigenvalue weighted by molar-refractivity contribution is 6.42. The van der Waals surface area contributed by atoms with Crippen LogP contribution in [0.5, 0.6) is 0 Å². The minimum absolute atomic E-state index is 0.0889. The van der Waals surface area contributed by atoms with Crippen LogP contribution < -0.4 is 10.9 Å². The molecule has 1 N–H and O–H groups in total. The quantitative estimate of drug-likeness (QED) is 0.533. The lowest BCUT2D eigenvalue weighted by Gasteiger charge is -2.17. The zero-order valence-electron chi connectivity index (χ0n) is 14.6. The third-order valence-corrected chi connectivity index (χ3v) is 5.13. The van der Waals surface area contributed by atoms with E-state index in [4.69, 9.17) is 34.8 Å². The SMILES string of the molecule is CC(Nc1cnn(-c2ccc(C(F)(F)F)cn2)c(=O)c1Cl)c1ccc(Cl)c(Cl)c1. The molecule has 2 aromatic heterocycles. The summed E-state index contributed by atoms with van der Waals surface area (Å²) in [5, 5.41) is 7.59. The van der Waals surface area contributed by atoms with E-state index >= 15 is 0 Å². The number of rotatable bonds is 4. The fraction of sp³-hybridized carbons (Fsp3) is 0.167. The van der Waals surface area contributed by atoms with Crippen molar-refractivity contribution in [1.29, 1.82) is 0 Å². The third kappa shape index (κ3) is 4.66. The van der Waals surface area contributed by atoms with Gasteiger partial charge in [-0.25, -0.2) is 4.98 Å². The fourth-order valence-corrected chi connectivity index (χ4v) is 2.96. The maximum absolute atomic E-state index is 12.7. The summed E-state index contributed by atoms with van der Waals surface area (Å²) in [5.74, 6) is -0.0889. The molecule has 1 aromatic carbocycles. The van der Waals surface area contributed by atoms with Gasteiger partial charge in [0.15, 0.2) is 5.82 Å². The summed E-state index contributed by atoms with van der Waals surface area (Å²) in [6, 6.07) is 6.65. The molecular weight excluding hydrogens is 452 g/mol. The first-order chi connectivity index (χ1) is 13.6. The Morgan fingerprint density at radius 3 is 2.38 bits per heavy atom. The summed E-state index contributed by atoms with van der Waals surface area (Å²) in [5.41, 5.74) is -0.623. The highest BCUT2D eigenvalue weighted by Gasteiger charge is 2.30. The molecule has 5 nitrogen and oxygen atoms in total. The molecule has 1 atom stereocenters. The molecule has 0 aliphatic carbocycles. The second kappa shape index (κ2) is 8.22. The third-order valence-electron chi connectivity index (χ3n) is 4.03. The molecule has 0 aliphatic rings. The van der Waals surface area contributed by atoms with E-state index < -0.39 is 17.3 Å². The number of hydrogen-bond acceptors (Lipinski definition) is 4. The molecule has 0 saturated carbocycles. The van der Waals surface area contributed by atoms with E-state index in [1.165, 1.54) is 6.20 Å². The lowest BCUT2D eigenvalue weighted by Crippen LogP contribution is -2.24. The summed E-state index contributed by atoms with van der Waals surface area (Å²) >= 11 is 18.1. The zero-order valence-corrected chi connectivity index (χ0v) is 16.9. The molecule has 0 fully saturated rings. The molecule has 0 amide bonds. The van der Waals surface area contributed by atoms with Crippen molar-refractivity contribution in [2.45, 2.75) is 19.1 Å². The number of anilines is 1. The molecule has 0 radical (unpaired) electrons. The van der Waals surface area contributed by atoms with Gasteiger partial charge in [-0.15, -0.1) is 0 Å². The van der Waals surface area contributed by atoms with Crippen molar-refractivity contribution in [3.63, 3.8) is 0 Å². The van der Waals surface area contributed by atoms with E-state index in [2.05, 4.69) is 15.4 Å². The molecule has 1 unspecified atom stereocenters. The summed E-state index contributed by atoms with van der Waals surface area (Å²) in [6.45, 7) is 1.82. The van der Waals surface area contributed by atoms with Gasteiger partial charge in [0.2, 0.25) is 0 Å². The minimum Gasteiger partial charge on any atom is -0.376 e. The van der Waals surface area contributed by atoms with Crippen molar-refractivity contribution >= 4 is 40.5 Å². The van der Waals surface area contributed by atoms with E-state index in [9.17, 15) is 18.0 Å². The maximum atomic E-state index is 12.7. The van der Waals surface area contributed by atoms with Crippen LogP contribution in [0.25, 0.3) is 5.82 Å². The van der Waals surface area contributed by atoms with Gasteiger partial charge in [-0.2, -0.15) is 23.0 Å². The number of nitrogens with one attached hydrogen (secondary N) is 1. The van der Waals surface area contributed by atoms with Crippen molar-refractivity contribution in [3.8, 4) is 5.82 Å². The standard InChI is InChI=1S/C18H12Cl3F3N4O/c1-9(10-2-4-12(19)13(20)6-10)27-14-8-26-28(17(29)16(14)21)15-5-3-11(7-25-15)18(22,23)24/h2-9,27H,1H3. The van der Waals surface area contributed by atoms with Crippen molar-refractivity contribution in [3.05, 3.63) is 79.3 Å². The Morgan fingerprint density at radius 2 is 1.79 bits per heavy atom. The molecule has 2 heterocycles. The molecule has 0 spiro atoms. The van der Waals surface area contributed by atoms with E-state index in [0.717, 1.165) is 22.4 Å². The van der Waals surface area contributed by atoms with Crippen LogP contribution in [0.3, 0.4) is 0 Å².